The molecule has 2 heterocycles. The Balaban J connectivity index is 1.94. The third kappa shape index (κ3) is 3.49. The molecule has 0 unspecified atom stereocenters. The summed E-state index contributed by atoms with van der Waals surface area (Å²) in [6.45, 7) is 0.824. The number of nitrogens with zero attached hydrogens (tertiary/aromatic N) is 2. The van der Waals surface area contributed by atoms with E-state index < -0.39 is 5.82 Å². The second kappa shape index (κ2) is 6.26. The maximum Gasteiger partial charge on any atom is 0.271 e. The van der Waals surface area contributed by atoms with Gasteiger partial charge in [0.05, 0.1) is 19.8 Å². The van der Waals surface area contributed by atoms with Crippen LogP contribution in [0.2, 0.25) is 0 Å². The molecule has 0 fully saturated rings. The topological polar surface area (TPSA) is 75.9 Å². The third-order valence-corrected chi connectivity index (χ3v) is 2.42. The number of rotatable bonds is 6. The van der Waals surface area contributed by atoms with Crippen LogP contribution in [0.15, 0.2) is 24.5 Å². The molecule has 1 amide bonds. The standard InChI is InChI=1S/C12H14FN3O3/c13-9-1-2-11-15-10(8-16(11)7-9)12(18)14-3-5-19-6-4-17/h1-2,7-8,17H,3-6H2,(H,14,18). The SMILES string of the molecule is O=C(NCCOCCO)c1cn2cc(F)ccc2n1. The minimum Gasteiger partial charge on any atom is -0.394 e. The Kier molecular flexibility index (Phi) is 4.43. The second-order valence-electron chi connectivity index (χ2n) is 3.83. The van der Waals surface area contributed by atoms with Gasteiger partial charge in [-0.25, -0.2) is 9.37 Å². The van der Waals surface area contributed by atoms with E-state index in [1.54, 1.807) is 0 Å². The lowest BCUT2D eigenvalue weighted by Gasteiger charge is -2.03. The number of carbonyl (C=O) groups excluding carboxylic acids is 1. The number of fused-ring (bicyclic) bond motifs is 1. The first-order valence-corrected chi connectivity index (χ1v) is 5.82. The molecule has 2 aromatic heterocycles. The molecule has 7 heteroatoms. The Bertz CT molecular complexity index is 570. The number of nitrogens with one attached hydrogen (secondary N) is 1. The molecule has 0 saturated carbocycles. The largest absolute Gasteiger partial charge is 0.394 e. The van der Waals surface area contributed by atoms with Crippen molar-refractivity contribution in [3.63, 3.8) is 0 Å². The Labute approximate surface area is 108 Å². The van der Waals surface area contributed by atoms with Gasteiger partial charge in [-0.1, -0.05) is 0 Å². The van der Waals surface area contributed by atoms with Gasteiger partial charge < -0.3 is 19.6 Å². The zero-order chi connectivity index (χ0) is 13.7. The number of amides is 1. The van der Waals surface area contributed by atoms with Gasteiger partial charge in [-0.05, 0) is 12.1 Å². The van der Waals surface area contributed by atoms with Crippen molar-refractivity contribution >= 4 is 11.6 Å². The molecule has 2 N–H and O–H groups in total. The van der Waals surface area contributed by atoms with Crippen LogP contribution in [0, 0.1) is 5.82 Å². The van der Waals surface area contributed by atoms with Crippen LogP contribution in [-0.4, -0.2) is 46.8 Å². The zero-order valence-electron chi connectivity index (χ0n) is 10.2. The predicted molar refractivity (Wildman–Crippen MR) is 65.4 cm³/mol. The van der Waals surface area contributed by atoms with Gasteiger partial charge in [0.1, 0.15) is 17.2 Å². The summed E-state index contributed by atoms with van der Waals surface area (Å²) in [4.78, 5) is 15.8. The number of pyridine rings is 1. The summed E-state index contributed by atoms with van der Waals surface area (Å²) in [6.07, 6.45) is 2.71. The van der Waals surface area contributed by atoms with E-state index in [2.05, 4.69) is 10.3 Å². The molecule has 0 saturated heterocycles. The first kappa shape index (κ1) is 13.4. The van der Waals surface area contributed by atoms with E-state index in [-0.39, 0.29) is 24.8 Å². The number of aliphatic hydroxyl groups is 1. The van der Waals surface area contributed by atoms with Crippen LogP contribution in [-0.2, 0) is 4.74 Å². The molecule has 6 nitrogen and oxygen atoms in total. The van der Waals surface area contributed by atoms with E-state index in [9.17, 15) is 9.18 Å². The number of carbonyl (C=O) groups is 1. The molecule has 0 atom stereocenters. The number of ether oxygens (including phenoxy) is 1. The monoisotopic (exact) mass is 267 g/mol. The lowest BCUT2D eigenvalue weighted by atomic mass is 10.4. The average molecular weight is 267 g/mol. The summed E-state index contributed by atoms with van der Waals surface area (Å²) in [7, 11) is 0. The smallest absolute Gasteiger partial charge is 0.271 e. The van der Waals surface area contributed by atoms with Crippen molar-refractivity contribution in [3.05, 3.63) is 36.0 Å². The molecule has 2 aromatic rings. The summed E-state index contributed by atoms with van der Waals surface area (Å²) >= 11 is 0. The average Bonchev–Trinajstić information content (AvgIpc) is 2.81. The van der Waals surface area contributed by atoms with Crippen LogP contribution in [0.5, 0.6) is 0 Å². The van der Waals surface area contributed by atoms with E-state index >= 15 is 0 Å². The molecule has 0 bridgehead atoms. The molecule has 0 radical (unpaired) electrons. The van der Waals surface area contributed by atoms with Gasteiger partial charge in [0.2, 0.25) is 0 Å². The van der Waals surface area contributed by atoms with E-state index in [0.717, 1.165) is 0 Å². The minimum absolute atomic E-state index is 0.0497. The fourth-order valence-electron chi connectivity index (χ4n) is 1.57. The second-order valence-corrected chi connectivity index (χ2v) is 3.83. The molecule has 2 rings (SSSR count). The van der Waals surface area contributed by atoms with Crippen LogP contribution in [0.25, 0.3) is 5.65 Å². The summed E-state index contributed by atoms with van der Waals surface area (Å²) in [6, 6.07) is 2.78. The molecule has 0 aromatic carbocycles. The Hall–Kier alpha value is -1.99. The maximum absolute atomic E-state index is 13.0. The summed E-state index contributed by atoms with van der Waals surface area (Å²) in [5.41, 5.74) is 0.718. The van der Waals surface area contributed by atoms with Crippen LogP contribution in [0.1, 0.15) is 10.5 Å². The van der Waals surface area contributed by atoms with Gasteiger partial charge in [0, 0.05) is 18.9 Å². The number of aromatic nitrogens is 2. The van der Waals surface area contributed by atoms with Crippen molar-refractivity contribution in [2.75, 3.05) is 26.4 Å². The highest BCUT2D eigenvalue weighted by Gasteiger charge is 2.10. The summed E-state index contributed by atoms with van der Waals surface area (Å²) in [5.74, 6) is -0.744. The van der Waals surface area contributed by atoms with Gasteiger partial charge in [0.15, 0.2) is 0 Å². The Morgan fingerprint density at radius 1 is 1.42 bits per heavy atom. The minimum atomic E-state index is -0.394. The molecule has 0 aliphatic heterocycles. The molecule has 0 aliphatic carbocycles. The molecule has 0 aliphatic rings. The fourth-order valence-corrected chi connectivity index (χ4v) is 1.57. The highest BCUT2D eigenvalue weighted by Crippen LogP contribution is 2.06. The van der Waals surface area contributed by atoms with Crippen molar-refractivity contribution in [2.45, 2.75) is 0 Å². The first-order chi connectivity index (χ1) is 9.20. The van der Waals surface area contributed by atoms with E-state index in [1.807, 2.05) is 0 Å². The van der Waals surface area contributed by atoms with Crippen LogP contribution >= 0.6 is 0 Å². The van der Waals surface area contributed by atoms with Crippen molar-refractivity contribution in [3.8, 4) is 0 Å². The fraction of sp³-hybridized carbons (Fsp3) is 0.333. The van der Waals surface area contributed by atoms with Crippen molar-refractivity contribution in [1.82, 2.24) is 14.7 Å². The Morgan fingerprint density at radius 2 is 2.26 bits per heavy atom. The van der Waals surface area contributed by atoms with Crippen molar-refractivity contribution < 1.29 is 19.0 Å². The first-order valence-electron chi connectivity index (χ1n) is 5.82. The maximum atomic E-state index is 13.0. The highest BCUT2D eigenvalue weighted by atomic mass is 19.1. The number of hydrogen-bond acceptors (Lipinski definition) is 4. The molecular weight excluding hydrogens is 253 g/mol. The molecule has 102 valence electrons. The van der Waals surface area contributed by atoms with Crippen LogP contribution in [0.4, 0.5) is 4.39 Å². The van der Waals surface area contributed by atoms with Gasteiger partial charge in [-0.15, -0.1) is 0 Å². The lowest BCUT2D eigenvalue weighted by molar-refractivity contribution is 0.0835. The zero-order valence-corrected chi connectivity index (χ0v) is 10.2. The number of aliphatic hydroxyl groups excluding tert-OH is 1. The lowest BCUT2D eigenvalue weighted by Crippen LogP contribution is -2.27. The van der Waals surface area contributed by atoms with Gasteiger partial charge >= 0.3 is 0 Å². The third-order valence-electron chi connectivity index (χ3n) is 2.42. The van der Waals surface area contributed by atoms with Gasteiger partial charge in [-0.3, -0.25) is 4.79 Å². The van der Waals surface area contributed by atoms with Gasteiger partial charge in [0.25, 0.3) is 5.91 Å². The van der Waals surface area contributed by atoms with E-state index in [0.29, 0.717) is 18.8 Å². The quantitative estimate of drug-likeness (QED) is 0.734. The summed E-state index contributed by atoms with van der Waals surface area (Å²) in [5, 5.41) is 11.1. The number of imidazole rings is 1. The van der Waals surface area contributed by atoms with E-state index in [1.165, 1.54) is 28.9 Å². The molecule has 0 spiro atoms. The van der Waals surface area contributed by atoms with Crippen molar-refractivity contribution in [2.24, 2.45) is 0 Å². The summed E-state index contributed by atoms with van der Waals surface area (Å²) < 4.78 is 19.4. The Morgan fingerprint density at radius 3 is 3.05 bits per heavy atom. The van der Waals surface area contributed by atoms with E-state index in [4.69, 9.17) is 9.84 Å². The van der Waals surface area contributed by atoms with Crippen LogP contribution < -0.4 is 5.32 Å². The normalized spacial score (nSPS) is 10.8. The van der Waals surface area contributed by atoms with Crippen LogP contribution in [0.3, 0.4) is 0 Å². The van der Waals surface area contributed by atoms with Gasteiger partial charge in [-0.2, -0.15) is 0 Å². The highest BCUT2D eigenvalue weighted by molar-refractivity contribution is 5.92. The number of halogens is 1. The molecular formula is C12H14FN3O3. The van der Waals surface area contributed by atoms with Crippen molar-refractivity contribution in [1.29, 1.82) is 0 Å². The number of hydrogen-bond donors (Lipinski definition) is 2. The molecule has 19 heavy (non-hydrogen) atoms. The predicted octanol–water partition coefficient (Wildman–Crippen LogP) is 0.212.